The smallest absolute Gasteiger partial charge is 0.295 e. The second-order valence-corrected chi connectivity index (χ2v) is 8.89. The third-order valence-corrected chi connectivity index (χ3v) is 6.34. The minimum atomic E-state index is -0.735. The number of nitrogens with zero attached hydrogens (tertiary/aromatic N) is 1. The third kappa shape index (κ3) is 4.83. The van der Waals surface area contributed by atoms with Gasteiger partial charge in [0.1, 0.15) is 17.3 Å². The molecule has 1 unspecified atom stereocenters. The van der Waals surface area contributed by atoms with Crippen LogP contribution in [0.1, 0.15) is 48.1 Å². The van der Waals surface area contributed by atoms with E-state index >= 15 is 0 Å². The average molecular weight is 474 g/mol. The lowest BCUT2D eigenvalue weighted by Crippen LogP contribution is -2.31. The molecule has 1 aliphatic rings. The monoisotopic (exact) mass is 473 g/mol. The number of rotatable bonds is 7. The first-order valence-electron chi connectivity index (χ1n) is 11.6. The number of carbonyl (C=O) groups is 2. The summed E-state index contributed by atoms with van der Waals surface area (Å²) in [4.78, 5) is 27.9. The Hall–Kier alpha value is -3.93. The Morgan fingerprint density at radius 2 is 1.71 bits per heavy atom. The maximum absolute atomic E-state index is 13.3. The Morgan fingerprint density at radius 1 is 1.03 bits per heavy atom. The lowest BCUT2D eigenvalue weighted by Gasteiger charge is -2.25. The van der Waals surface area contributed by atoms with Gasteiger partial charge in [0.15, 0.2) is 0 Å². The van der Waals surface area contributed by atoms with Gasteiger partial charge < -0.3 is 14.7 Å². The molecule has 1 aliphatic heterocycles. The summed E-state index contributed by atoms with van der Waals surface area (Å²) < 4.78 is 18.7. The summed E-state index contributed by atoms with van der Waals surface area (Å²) in [7, 11) is 1.59. The Bertz CT molecular complexity index is 1270. The summed E-state index contributed by atoms with van der Waals surface area (Å²) in [5.41, 5.74) is 2.97. The van der Waals surface area contributed by atoms with Crippen LogP contribution in [0.4, 0.5) is 4.39 Å². The molecule has 0 aromatic heterocycles. The maximum Gasteiger partial charge on any atom is 0.295 e. The number of aliphatic hydroxyl groups is 1. The van der Waals surface area contributed by atoms with Gasteiger partial charge in [-0.15, -0.1) is 0 Å². The van der Waals surface area contributed by atoms with Crippen molar-refractivity contribution < 1.29 is 23.8 Å². The number of ether oxygens (including phenoxy) is 1. The number of hydrogen-bond acceptors (Lipinski definition) is 4. The van der Waals surface area contributed by atoms with Gasteiger partial charge in [-0.25, -0.2) is 4.39 Å². The molecule has 0 bridgehead atoms. The van der Waals surface area contributed by atoms with Crippen LogP contribution in [0, 0.1) is 5.82 Å². The van der Waals surface area contributed by atoms with Crippen LogP contribution in [-0.4, -0.2) is 35.4 Å². The predicted octanol–water partition coefficient (Wildman–Crippen LogP) is 5.62. The molecule has 1 fully saturated rings. The predicted molar refractivity (Wildman–Crippen MR) is 133 cm³/mol. The van der Waals surface area contributed by atoms with E-state index in [9.17, 15) is 19.1 Å². The van der Waals surface area contributed by atoms with Crippen molar-refractivity contribution in [2.45, 2.75) is 32.2 Å². The van der Waals surface area contributed by atoms with Crippen LogP contribution < -0.4 is 4.74 Å². The van der Waals surface area contributed by atoms with Crippen molar-refractivity contribution >= 4 is 17.4 Å². The molecule has 5 nitrogen and oxygen atoms in total. The summed E-state index contributed by atoms with van der Waals surface area (Å²) in [6.07, 6.45) is 0.441. The number of hydrogen-bond donors (Lipinski definition) is 1. The van der Waals surface area contributed by atoms with Crippen molar-refractivity contribution in [1.29, 1.82) is 0 Å². The Balaban J connectivity index is 1.78. The normalized spacial score (nSPS) is 17.3. The molecule has 0 radical (unpaired) electrons. The molecule has 3 aromatic rings. The first-order chi connectivity index (χ1) is 16.8. The molecule has 180 valence electrons. The first kappa shape index (κ1) is 24.2. The summed E-state index contributed by atoms with van der Waals surface area (Å²) in [5, 5.41) is 11.3. The summed E-state index contributed by atoms with van der Waals surface area (Å²) in [6.45, 7) is 4.27. The van der Waals surface area contributed by atoms with Crippen LogP contribution in [0.25, 0.3) is 5.76 Å². The number of benzene rings is 3. The van der Waals surface area contributed by atoms with Crippen LogP contribution in [0.5, 0.6) is 5.75 Å². The highest BCUT2D eigenvalue weighted by Gasteiger charge is 2.45. The minimum absolute atomic E-state index is 0.0557. The van der Waals surface area contributed by atoms with E-state index in [1.807, 2.05) is 44.2 Å². The van der Waals surface area contributed by atoms with Gasteiger partial charge in [-0.05, 0) is 59.4 Å². The van der Waals surface area contributed by atoms with Gasteiger partial charge in [0.2, 0.25) is 0 Å². The first-order valence-corrected chi connectivity index (χ1v) is 11.6. The van der Waals surface area contributed by atoms with Gasteiger partial charge in [-0.2, -0.15) is 0 Å². The van der Waals surface area contributed by atoms with E-state index in [-0.39, 0.29) is 29.6 Å². The molecule has 0 saturated carbocycles. The molecule has 1 N–H and O–H groups in total. The highest BCUT2D eigenvalue weighted by atomic mass is 19.1. The Labute approximate surface area is 204 Å². The van der Waals surface area contributed by atoms with E-state index in [1.165, 1.54) is 17.0 Å². The topological polar surface area (TPSA) is 66.8 Å². The number of methoxy groups -OCH3 is 1. The van der Waals surface area contributed by atoms with Crippen LogP contribution >= 0.6 is 0 Å². The fourth-order valence-corrected chi connectivity index (χ4v) is 4.48. The number of halogens is 1. The number of amides is 1. The maximum atomic E-state index is 13.3. The van der Waals surface area contributed by atoms with Crippen molar-refractivity contribution in [3.05, 3.63) is 106 Å². The molecule has 0 aliphatic carbocycles. The molecule has 4 rings (SSSR count). The zero-order valence-corrected chi connectivity index (χ0v) is 20.0. The summed E-state index contributed by atoms with van der Waals surface area (Å²) in [5.74, 6) is -1.13. The second kappa shape index (κ2) is 10.1. The van der Waals surface area contributed by atoms with Gasteiger partial charge in [0.05, 0.1) is 18.7 Å². The number of ketones is 1. The van der Waals surface area contributed by atoms with Gasteiger partial charge in [0, 0.05) is 12.1 Å². The molecule has 35 heavy (non-hydrogen) atoms. The summed E-state index contributed by atoms with van der Waals surface area (Å²) >= 11 is 0. The highest BCUT2D eigenvalue weighted by Crippen LogP contribution is 2.40. The van der Waals surface area contributed by atoms with Crippen molar-refractivity contribution in [3.8, 4) is 5.75 Å². The Kier molecular flexibility index (Phi) is 7.01. The minimum Gasteiger partial charge on any atom is -0.507 e. The SMILES string of the molecule is COc1ccc(/C(O)=C2/C(=O)C(=O)N(CCc3ccc(F)cc3)C2c2ccccc2)cc1C(C)C. The number of Topliss-reactive ketones (excluding diaryl/α,β-unsaturated/α-hetero) is 1. The van der Waals surface area contributed by atoms with E-state index in [4.69, 9.17) is 4.74 Å². The molecule has 1 heterocycles. The molecular formula is C29H28FNO4. The third-order valence-electron chi connectivity index (χ3n) is 6.34. The van der Waals surface area contributed by atoms with Crippen LogP contribution in [0.2, 0.25) is 0 Å². The summed E-state index contributed by atoms with van der Waals surface area (Å²) in [6, 6.07) is 19.8. The molecule has 6 heteroatoms. The number of carbonyl (C=O) groups excluding carboxylic acids is 2. The van der Waals surface area contributed by atoms with Crippen LogP contribution in [0.15, 0.2) is 78.4 Å². The number of likely N-dealkylation sites (tertiary alicyclic amines) is 1. The van der Waals surface area contributed by atoms with Crippen molar-refractivity contribution in [3.63, 3.8) is 0 Å². The van der Waals surface area contributed by atoms with Gasteiger partial charge in [-0.3, -0.25) is 9.59 Å². The quantitative estimate of drug-likeness (QED) is 0.275. The highest BCUT2D eigenvalue weighted by molar-refractivity contribution is 6.46. The van der Waals surface area contributed by atoms with Crippen molar-refractivity contribution in [2.75, 3.05) is 13.7 Å². The van der Waals surface area contributed by atoms with E-state index in [2.05, 4.69) is 0 Å². The molecule has 1 saturated heterocycles. The van der Waals surface area contributed by atoms with E-state index in [0.29, 0.717) is 17.7 Å². The molecule has 0 spiro atoms. The van der Waals surface area contributed by atoms with E-state index in [0.717, 1.165) is 16.7 Å². The molecular weight excluding hydrogens is 445 g/mol. The van der Waals surface area contributed by atoms with Crippen molar-refractivity contribution in [2.24, 2.45) is 0 Å². The molecule has 1 atom stereocenters. The van der Waals surface area contributed by atoms with Gasteiger partial charge >= 0.3 is 0 Å². The van der Waals surface area contributed by atoms with Gasteiger partial charge in [0.25, 0.3) is 11.7 Å². The largest absolute Gasteiger partial charge is 0.507 e. The number of aliphatic hydroxyl groups excluding tert-OH is 1. The fourth-order valence-electron chi connectivity index (χ4n) is 4.48. The Morgan fingerprint density at radius 3 is 2.34 bits per heavy atom. The molecule has 1 amide bonds. The van der Waals surface area contributed by atoms with Crippen LogP contribution in [-0.2, 0) is 16.0 Å². The van der Waals surface area contributed by atoms with E-state index in [1.54, 1.807) is 37.4 Å². The fraction of sp³-hybridized carbons (Fsp3) is 0.241. The zero-order chi connectivity index (χ0) is 25.1. The van der Waals surface area contributed by atoms with Crippen molar-refractivity contribution in [1.82, 2.24) is 4.90 Å². The average Bonchev–Trinajstić information content (AvgIpc) is 3.13. The van der Waals surface area contributed by atoms with Gasteiger partial charge in [-0.1, -0.05) is 56.3 Å². The lowest BCUT2D eigenvalue weighted by molar-refractivity contribution is -0.139. The molecule has 3 aromatic carbocycles. The lowest BCUT2D eigenvalue weighted by atomic mass is 9.93. The van der Waals surface area contributed by atoms with E-state index < -0.39 is 17.7 Å². The standard InChI is InChI=1S/C29H28FNO4/c1-18(2)23-17-21(11-14-24(23)35-3)27(32)25-26(20-7-5-4-6-8-20)31(29(34)28(25)33)16-15-19-9-12-22(30)13-10-19/h4-14,17-18,26,32H,15-16H2,1-3H3/b27-25-. The van der Waals surface area contributed by atoms with Crippen LogP contribution in [0.3, 0.4) is 0 Å². The second-order valence-electron chi connectivity index (χ2n) is 8.89. The zero-order valence-electron chi connectivity index (χ0n) is 20.0.